The first-order chi connectivity index (χ1) is 8.15. The third-order valence-corrected chi connectivity index (χ3v) is 3.30. The van der Waals surface area contributed by atoms with Gasteiger partial charge in [0.15, 0.2) is 0 Å². The first kappa shape index (κ1) is 12.6. The van der Waals surface area contributed by atoms with E-state index in [9.17, 15) is 0 Å². The van der Waals surface area contributed by atoms with E-state index in [1.165, 1.54) is 12.8 Å². The zero-order valence-corrected chi connectivity index (χ0v) is 11.2. The van der Waals surface area contributed by atoms with Crippen LogP contribution < -0.4 is 10.2 Å². The lowest BCUT2D eigenvalue weighted by atomic mass is 9.99. The number of nitrogens with zero attached hydrogens (tertiary/aromatic N) is 3. The third-order valence-electron chi connectivity index (χ3n) is 3.14. The number of hydrogen-bond acceptors (Lipinski definition) is 4. The lowest BCUT2D eigenvalue weighted by Gasteiger charge is -2.28. The summed E-state index contributed by atoms with van der Waals surface area (Å²) in [5, 5.41) is 3.76. The average Bonchev–Trinajstić information content (AvgIpc) is 2.29. The first-order valence-electron chi connectivity index (χ1n) is 6.08. The molecule has 5 heteroatoms. The van der Waals surface area contributed by atoms with Gasteiger partial charge in [-0.3, -0.25) is 0 Å². The van der Waals surface area contributed by atoms with Crippen LogP contribution in [0.5, 0.6) is 0 Å². The van der Waals surface area contributed by atoms with Crippen LogP contribution in [0.1, 0.15) is 18.5 Å². The van der Waals surface area contributed by atoms with Crippen LogP contribution in [0.3, 0.4) is 0 Å². The van der Waals surface area contributed by atoms with Gasteiger partial charge in [0.05, 0.1) is 0 Å². The highest BCUT2D eigenvalue weighted by molar-refractivity contribution is 6.28. The fraction of sp³-hybridized carbons (Fsp3) is 0.667. The van der Waals surface area contributed by atoms with Gasteiger partial charge in [-0.25, -0.2) is 9.97 Å². The van der Waals surface area contributed by atoms with Crippen LogP contribution in [0.4, 0.5) is 5.82 Å². The SMILES string of the molecule is Cc1cc(N(C)C[C@@H]2CCCNC2)nc(Cl)n1. The number of rotatable bonds is 3. The smallest absolute Gasteiger partial charge is 0.224 e. The maximum absolute atomic E-state index is 5.88. The molecule has 0 aliphatic carbocycles. The highest BCUT2D eigenvalue weighted by atomic mass is 35.5. The van der Waals surface area contributed by atoms with Crippen LogP contribution in [-0.4, -0.2) is 36.6 Å². The van der Waals surface area contributed by atoms with Crippen molar-refractivity contribution in [1.82, 2.24) is 15.3 Å². The number of aryl methyl sites for hydroxylation is 1. The van der Waals surface area contributed by atoms with E-state index < -0.39 is 0 Å². The normalized spacial score (nSPS) is 20.3. The summed E-state index contributed by atoms with van der Waals surface area (Å²) in [4.78, 5) is 10.5. The molecule has 0 saturated carbocycles. The van der Waals surface area contributed by atoms with E-state index in [1.807, 2.05) is 13.0 Å². The van der Waals surface area contributed by atoms with Gasteiger partial charge in [0.2, 0.25) is 5.28 Å². The van der Waals surface area contributed by atoms with Gasteiger partial charge < -0.3 is 10.2 Å². The second-order valence-electron chi connectivity index (χ2n) is 4.73. The molecule has 0 bridgehead atoms. The molecule has 1 atom stereocenters. The van der Waals surface area contributed by atoms with Crippen molar-refractivity contribution in [2.24, 2.45) is 5.92 Å². The molecule has 0 unspecified atom stereocenters. The fourth-order valence-corrected chi connectivity index (χ4v) is 2.49. The minimum Gasteiger partial charge on any atom is -0.359 e. The van der Waals surface area contributed by atoms with Crippen LogP contribution in [0.25, 0.3) is 0 Å². The summed E-state index contributed by atoms with van der Waals surface area (Å²) < 4.78 is 0. The van der Waals surface area contributed by atoms with Crippen LogP contribution >= 0.6 is 11.6 Å². The molecule has 2 heterocycles. The standard InChI is InChI=1S/C12H19ClN4/c1-9-6-11(16-12(13)15-9)17(2)8-10-4-3-5-14-7-10/h6,10,14H,3-5,7-8H2,1-2H3/t10-/m1/s1. The molecular formula is C12H19ClN4. The van der Waals surface area contributed by atoms with Crippen molar-refractivity contribution >= 4 is 17.4 Å². The molecule has 0 radical (unpaired) electrons. The Morgan fingerprint density at radius 1 is 1.53 bits per heavy atom. The Morgan fingerprint density at radius 2 is 2.35 bits per heavy atom. The van der Waals surface area contributed by atoms with Crippen molar-refractivity contribution in [3.8, 4) is 0 Å². The van der Waals surface area contributed by atoms with Gasteiger partial charge in [0.25, 0.3) is 0 Å². The third kappa shape index (κ3) is 3.54. The lowest BCUT2D eigenvalue weighted by Crippen LogP contribution is -2.37. The van der Waals surface area contributed by atoms with E-state index >= 15 is 0 Å². The highest BCUT2D eigenvalue weighted by Gasteiger charge is 2.16. The molecule has 0 amide bonds. The van der Waals surface area contributed by atoms with Gasteiger partial charge in [0, 0.05) is 25.4 Å². The highest BCUT2D eigenvalue weighted by Crippen LogP contribution is 2.17. The monoisotopic (exact) mass is 254 g/mol. The van der Waals surface area contributed by atoms with Gasteiger partial charge in [-0.15, -0.1) is 0 Å². The molecular weight excluding hydrogens is 236 g/mol. The molecule has 0 aromatic carbocycles. The van der Waals surface area contributed by atoms with Crippen molar-refractivity contribution in [3.05, 3.63) is 17.0 Å². The number of piperidine rings is 1. The molecule has 0 spiro atoms. The zero-order chi connectivity index (χ0) is 12.3. The predicted molar refractivity (Wildman–Crippen MR) is 70.6 cm³/mol. The van der Waals surface area contributed by atoms with E-state index in [2.05, 4.69) is 27.2 Å². The molecule has 1 N–H and O–H groups in total. The number of anilines is 1. The number of hydrogen-bond donors (Lipinski definition) is 1. The van der Waals surface area contributed by atoms with E-state index in [0.29, 0.717) is 11.2 Å². The predicted octanol–water partition coefficient (Wildman–Crippen LogP) is 1.87. The Hall–Kier alpha value is -0.870. The number of halogens is 1. The van der Waals surface area contributed by atoms with Crippen molar-refractivity contribution < 1.29 is 0 Å². The van der Waals surface area contributed by atoms with E-state index in [0.717, 1.165) is 31.1 Å². The summed E-state index contributed by atoms with van der Waals surface area (Å²) in [6.45, 7) is 5.20. The lowest BCUT2D eigenvalue weighted by molar-refractivity contribution is 0.380. The van der Waals surface area contributed by atoms with Gasteiger partial charge >= 0.3 is 0 Å². The molecule has 1 fully saturated rings. The number of aromatic nitrogens is 2. The van der Waals surface area contributed by atoms with Crippen LogP contribution in [0.15, 0.2) is 6.07 Å². The quantitative estimate of drug-likeness (QED) is 0.837. The average molecular weight is 255 g/mol. The Balaban J connectivity index is 2.00. The Morgan fingerprint density at radius 3 is 3.00 bits per heavy atom. The van der Waals surface area contributed by atoms with Crippen LogP contribution in [0.2, 0.25) is 5.28 Å². The molecule has 1 saturated heterocycles. The van der Waals surface area contributed by atoms with Gasteiger partial charge in [0.1, 0.15) is 5.82 Å². The molecule has 1 aromatic rings. The zero-order valence-electron chi connectivity index (χ0n) is 10.4. The van der Waals surface area contributed by atoms with E-state index in [-0.39, 0.29) is 0 Å². The molecule has 17 heavy (non-hydrogen) atoms. The van der Waals surface area contributed by atoms with Crippen molar-refractivity contribution in [1.29, 1.82) is 0 Å². The van der Waals surface area contributed by atoms with Crippen molar-refractivity contribution in [3.63, 3.8) is 0 Å². The molecule has 1 aromatic heterocycles. The first-order valence-corrected chi connectivity index (χ1v) is 6.46. The summed E-state index contributed by atoms with van der Waals surface area (Å²) in [5.74, 6) is 1.61. The van der Waals surface area contributed by atoms with Gasteiger partial charge in [-0.1, -0.05) is 0 Å². The van der Waals surface area contributed by atoms with Crippen LogP contribution in [-0.2, 0) is 0 Å². The second kappa shape index (κ2) is 5.65. The summed E-state index contributed by atoms with van der Waals surface area (Å²) in [5.41, 5.74) is 0.911. The second-order valence-corrected chi connectivity index (χ2v) is 5.07. The minimum absolute atomic E-state index is 0.327. The molecule has 2 rings (SSSR count). The van der Waals surface area contributed by atoms with Gasteiger partial charge in [-0.05, 0) is 50.4 Å². The van der Waals surface area contributed by atoms with Crippen molar-refractivity contribution in [2.45, 2.75) is 19.8 Å². The maximum Gasteiger partial charge on any atom is 0.224 e. The Labute approximate surface area is 107 Å². The Bertz CT molecular complexity index is 357. The molecule has 1 aliphatic rings. The number of nitrogens with one attached hydrogen (secondary N) is 1. The Kier molecular flexibility index (Phi) is 4.18. The largest absolute Gasteiger partial charge is 0.359 e. The molecule has 1 aliphatic heterocycles. The van der Waals surface area contributed by atoms with Gasteiger partial charge in [-0.2, -0.15) is 0 Å². The van der Waals surface area contributed by atoms with Crippen molar-refractivity contribution in [2.75, 3.05) is 31.6 Å². The summed E-state index contributed by atoms with van der Waals surface area (Å²) in [6.07, 6.45) is 2.55. The topological polar surface area (TPSA) is 41.0 Å². The summed E-state index contributed by atoms with van der Waals surface area (Å²) in [7, 11) is 2.06. The molecule has 94 valence electrons. The summed E-state index contributed by atoms with van der Waals surface area (Å²) in [6, 6.07) is 1.97. The molecule has 4 nitrogen and oxygen atoms in total. The summed E-state index contributed by atoms with van der Waals surface area (Å²) >= 11 is 5.88. The van der Waals surface area contributed by atoms with E-state index in [1.54, 1.807) is 0 Å². The van der Waals surface area contributed by atoms with Crippen LogP contribution in [0, 0.1) is 12.8 Å². The maximum atomic E-state index is 5.88. The fourth-order valence-electron chi connectivity index (χ4n) is 2.27. The minimum atomic E-state index is 0.327. The van der Waals surface area contributed by atoms with E-state index in [4.69, 9.17) is 11.6 Å².